The number of carbonyl (C=O) groups is 3. The molecule has 0 aliphatic heterocycles. The quantitative estimate of drug-likeness (QED) is 0.518. The van der Waals surface area contributed by atoms with E-state index in [1.54, 1.807) is 6.92 Å². The van der Waals surface area contributed by atoms with Crippen LogP contribution < -0.4 is 0 Å². The fourth-order valence-corrected chi connectivity index (χ4v) is 4.73. The fourth-order valence-electron chi connectivity index (χ4n) is 4.04. The van der Waals surface area contributed by atoms with E-state index >= 15 is 0 Å². The number of carbonyl (C=O) groups excluding carboxylic acids is 3. The lowest BCUT2D eigenvalue weighted by molar-refractivity contribution is -0.151. The first-order valence-corrected chi connectivity index (χ1v) is 10.2. The summed E-state index contributed by atoms with van der Waals surface area (Å²) < 4.78 is 37.7. The lowest BCUT2D eigenvalue weighted by Gasteiger charge is -2.31. The Morgan fingerprint density at radius 1 is 1.04 bits per heavy atom. The summed E-state index contributed by atoms with van der Waals surface area (Å²) in [5, 5.41) is 0. The van der Waals surface area contributed by atoms with Gasteiger partial charge in [0.15, 0.2) is 5.78 Å². The van der Waals surface area contributed by atoms with Gasteiger partial charge in [-0.3, -0.25) is 13.8 Å². The first-order valence-electron chi connectivity index (χ1n) is 8.40. The number of rotatable bonds is 4. The van der Waals surface area contributed by atoms with Crippen molar-refractivity contribution < 1.29 is 36.5 Å². The van der Waals surface area contributed by atoms with Crippen molar-refractivity contribution >= 4 is 27.8 Å². The van der Waals surface area contributed by atoms with E-state index in [0.29, 0.717) is 24.8 Å². The number of ketones is 1. The van der Waals surface area contributed by atoms with Crippen LogP contribution in [0.25, 0.3) is 0 Å². The Morgan fingerprint density at radius 2 is 1.65 bits per heavy atom. The van der Waals surface area contributed by atoms with Crippen molar-refractivity contribution in [3.05, 3.63) is 11.1 Å². The van der Waals surface area contributed by atoms with Gasteiger partial charge < -0.3 is 9.47 Å². The van der Waals surface area contributed by atoms with Crippen molar-refractivity contribution in [1.29, 1.82) is 0 Å². The predicted molar refractivity (Wildman–Crippen MR) is 90.4 cm³/mol. The van der Waals surface area contributed by atoms with Gasteiger partial charge in [0.1, 0.15) is 0 Å². The van der Waals surface area contributed by atoms with E-state index in [2.05, 4.69) is 0 Å². The van der Waals surface area contributed by atoms with E-state index in [1.807, 2.05) is 0 Å². The zero-order valence-electron chi connectivity index (χ0n) is 15.3. The normalized spacial score (nSPS) is 29.6. The SMILES string of the molecule is COC(=O)C1=C(C)C(=O)[C@@H]2[C@H](C(=O)OC)CCC(OS(C)(=O)=O)CC[C@@H]12. The van der Waals surface area contributed by atoms with Gasteiger partial charge in [0.2, 0.25) is 0 Å². The molecule has 4 atom stereocenters. The van der Waals surface area contributed by atoms with Gasteiger partial charge in [-0.25, -0.2) is 4.79 Å². The Kier molecular flexibility index (Phi) is 6.23. The smallest absolute Gasteiger partial charge is 0.334 e. The molecular formula is C17H24O8S. The summed E-state index contributed by atoms with van der Waals surface area (Å²) in [7, 11) is -1.19. The maximum Gasteiger partial charge on any atom is 0.334 e. The number of fused-ring (bicyclic) bond motifs is 1. The second-order valence-electron chi connectivity index (χ2n) is 6.73. The van der Waals surface area contributed by atoms with Crippen LogP contribution in [-0.4, -0.2) is 52.7 Å². The molecule has 0 bridgehead atoms. The van der Waals surface area contributed by atoms with Crippen LogP contribution in [0.5, 0.6) is 0 Å². The summed E-state index contributed by atoms with van der Waals surface area (Å²) >= 11 is 0. The van der Waals surface area contributed by atoms with Crippen LogP contribution >= 0.6 is 0 Å². The van der Waals surface area contributed by atoms with E-state index in [-0.39, 0.29) is 17.8 Å². The molecule has 2 aliphatic rings. The molecule has 0 saturated heterocycles. The third kappa shape index (κ3) is 4.15. The van der Waals surface area contributed by atoms with Crippen LogP contribution in [0.4, 0.5) is 0 Å². The van der Waals surface area contributed by atoms with Crippen molar-refractivity contribution in [3.8, 4) is 0 Å². The van der Waals surface area contributed by atoms with Gasteiger partial charge in [-0.2, -0.15) is 8.42 Å². The van der Waals surface area contributed by atoms with Crippen LogP contribution in [0.1, 0.15) is 32.6 Å². The van der Waals surface area contributed by atoms with E-state index < -0.39 is 45.9 Å². The monoisotopic (exact) mass is 388 g/mol. The third-order valence-electron chi connectivity index (χ3n) is 5.13. The molecule has 2 aliphatic carbocycles. The first kappa shape index (κ1) is 20.6. The largest absolute Gasteiger partial charge is 0.469 e. The van der Waals surface area contributed by atoms with Crippen molar-refractivity contribution in [2.75, 3.05) is 20.5 Å². The maximum absolute atomic E-state index is 12.8. The summed E-state index contributed by atoms with van der Waals surface area (Å²) in [5.41, 5.74) is 0.555. The van der Waals surface area contributed by atoms with Gasteiger partial charge in [0.05, 0.1) is 32.5 Å². The Balaban J connectivity index is 2.40. The molecule has 1 fully saturated rings. The molecule has 0 amide bonds. The number of methoxy groups -OCH3 is 2. The molecule has 0 radical (unpaired) electrons. The molecule has 8 nitrogen and oxygen atoms in total. The van der Waals surface area contributed by atoms with Crippen LogP contribution in [-0.2, 0) is 38.2 Å². The highest BCUT2D eigenvalue weighted by Crippen LogP contribution is 2.45. The van der Waals surface area contributed by atoms with E-state index in [9.17, 15) is 22.8 Å². The highest BCUT2D eigenvalue weighted by Gasteiger charge is 2.50. The molecule has 2 rings (SSSR count). The molecule has 1 unspecified atom stereocenters. The molecule has 0 spiro atoms. The van der Waals surface area contributed by atoms with Gasteiger partial charge in [-0.15, -0.1) is 0 Å². The van der Waals surface area contributed by atoms with Gasteiger partial charge in [0, 0.05) is 23.0 Å². The number of Topliss-reactive ketones (excluding diaryl/α,β-unsaturated/α-hetero) is 1. The molecule has 146 valence electrons. The summed E-state index contributed by atoms with van der Waals surface area (Å²) in [5.74, 6) is -3.39. The van der Waals surface area contributed by atoms with Crippen molar-refractivity contribution in [2.24, 2.45) is 17.8 Å². The zero-order valence-corrected chi connectivity index (χ0v) is 16.1. The second-order valence-corrected chi connectivity index (χ2v) is 8.33. The number of hydrogen-bond acceptors (Lipinski definition) is 8. The summed E-state index contributed by atoms with van der Waals surface area (Å²) in [6.45, 7) is 1.55. The first-order chi connectivity index (χ1) is 12.1. The zero-order chi connectivity index (χ0) is 19.6. The van der Waals surface area contributed by atoms with Crippen LogP contribution in [0.15, 0.2) is 11.1 Å². The average Bonchev–Trinajstić information content (AvgIpc) is 2.79. The highest BCUT2D eigenvalue weighted by atomic mass is 32.2. The summed E-state index contributed by atoms with van der Waals surface area (Å²) in [6.07, 6.45) is 1.58. The number of hydrogen-bond donors (Lipinski definition) is 0. The maximum atomic E-state index is 12.8. The molecule has 26 heavy (non-hydrogen) atoms. The molecule has 0 N–H and O–H groups in total. The second kappa shape index (κ2) is 7.87. The fraction of sp³-hybridized carbons (Fsp3) is 0.706. The Bertz CT molecular complexity index is 736. The predicted octanol–water partition coefficient (Wildman–Crippen LogP) is 0.999. The highest BCUT2D eigenvalue weighted by molar-refractivity contribution is 7.86. The van der Waals surface area contributed by atoms with Crippen molar-refractivity contribution in [1.82, 2.24) is 0 Å². The third-order valence-corrected chi connectivity index (χ3v) is 5.76. The molecular weight excluding hydrogens is 364 g/mol. The minimum Gasteiger partial charge on any atom is -0.469 e. The molecule has 0 aromatic carbocycles. The Labute approximate surface area is 153 Å². The summed E-state index contributed by atoms with van der Waals surface area (Å²) in [4.78, 5) is 37.3. The average molecular weight is 388 g/mol. The van der Waals surface area contributed by atoms with E-state index in [4.69, 9.17) is 13.7 Å². The van der Waals surface area contributed by atoms with Gasteiger partial charge in [-0.05, 0) is 32.6 Å². The van der Waals surface area contributed by atoms with Gasteiger partial charge >= 0.3 is 11.9 Å². The molecule has 9 heteroatoms. The standard InChI is InChI=1S/C17H24O8S/c1-9-13(17(20)24-3)11-7-5-10(25-26(4,21)22)6-8-12(16(19)23-2)14(11)15(9)18/h10-12,14H,5-8H2,1-4H3/t10?,11-,12+,14-/m0/s1. The summed E-state index contributed by atoms with van der Waals surface area (Å²) in [6, 6.07) is 0. The Hall–Kier alpha value is -1.74. The molecule has 0 aromatic rings. The van der Waals surface area contributed by atoms with E-state index in [1.165, 1.54) is 14.2 Å². The minimum atomic E-state index is -3.66. The minimum absolute atomic E-state index is 0.238. The Morgan fingerprint density at radius 3 is 2.19 bits per heavy atom. The lowest BCUT2D eigenvalue weighted by Crippen LogP contribution is -2.37. The molecule has 0 heterocycles. The van der Waals surface area contributed by atoms with Crippen LogP contribution in [0.2, 0.25) is 0 Å². The molecule has 0 aromatic heterocycles. The number of allylic oxidation sites excluding steroid dienone is 1. The van der Waals surface area contributed by atoms with Gasteiger partial charge in [0.25, 0.3) is 10.1 Å². The molecule has 1 saturated carbocycles. The van der Waals surface area contributed by atoms with Crippen molar-refractivity contribution in [2.45, 2.75) is 38.7 Å². The number of esters is 2. The lowest BCUT2D eigenvalue weighted by atomic mass is 9.73. The van der Waals surface area contributed by atoms with Crippen LogP contribution in [0, 0.1) is 17.8 Å². The number of ether oxygens (including phenoxy) is 2. The van der Waals surface area contributed by atoms with Gasteiger partial charge in [-0.1, -0.05) is 0 Å². The van der Waals surface area contributed by atoms with Crippen molar-refractivity contribution in [3.63, 3.8) is 0 Å². The van der Waals surface area contributed by atoms with E-state index in [0.717, 1.165) is 6.26 Å². The topological polar surface area (TPSA) is 113 Å². The van der Waals surface area contributed by atoms with Crippen LogP contribution in [0.3, 0.4) is 0 Å².